The van der Waals surface area contributed by atoms with Gasteiger partial charge in [0.1, 0.15) is 28.7 Å². The number of hydrogen-bond acceptors (Lipinski definition) is 5. The van der Waals surface area contributed by atoms with Crippen molar-refractivity contribution in [3.63, 3.8) is 0 Å². The first-order valence-electron chi connectivity index (χ1n) is 11.6. The molecule has 5 N–H and O–H groups in total. The number of aromatic hydroxyl groups is 5. The van der Waals surface area contributed by atoms with Gasteiger partial charge in [-0.15, -0.1) is 0 Å². The average molecular weight is 449 g/mol. The highest BCUT2D eigenvalue weighted by molar-refractivity contribution is 5.55. The molecular formula is C28H32O5. The van der Waals surface area contributed by atoms with E-state index in [1.807, 2.05) is 12.1 Å². The van der Waals surface area contributed by atoms with Crippen LogP contribution in [0.1, 0.15) is 77.0 Å². The fraction of sp³-hybridized carbons (Fsp3) is 0.357. The van der Waals surface area contributed by atoms with Gasteiger partial charge in [0.15, 0.2) is 0 Å². The van der Waals surface area contributed by atoms with Gasteiger partial charge in [-0.05, 0) is 72.6 Å². The molecule has 3 aromatic carbocycles. The standard InChI is InChI=1S/C28H32O5/c1-16-24(29)10-8-19(26(16)31)12-22-14-21(18-6-4-3-5-7-18)15-23(28(22)33)13-20-9-11-25(30)17(2)27(20)32/h8-11,14-15,18,29-33H,3-7,12-13H2,1-2H3. The molecule has 1 fully saturated rings. The smallest absolute Gasteiger partial charge is 0.125 e. The Bertz CT molecular complexity index is 1090. The van der Waals surface area contributed by atoms with Gasteiger partial charge in [-0.1, -0.05) is 43.5 Å². The normalized spacial score (nSPS) is 14.5. The van der Waals surface area contributed by atoms with Gasteiger partial charge in [0.2, 0.25) is 0 Å². The number of benzene rings is 3. The van der Waals surface area contributed by atoms with Crippen LogP contribution in [-0.4, -0.2) is 25.5 Å². The van der Waals surface area contributed by atoms with Crippen LogP contribution in [0, 0.1) is 13.8 Å². The van der Waals surface area contributed by atoms with Crippen LogP contribution in [0.25, 0.3) is 0 Å². The molecule has 5 heteroatoms. The minimum absolute atomic E-state index is 0.0332. The zero-order chi connectivity index (χ0) is 23.7. The first kappa shape index (κ1) is 22.8. The summed E-state index contributed by atoms with van der Waals surface area (Å²) in [7, 11) is 0. The van der Waals surface area contributed by atoms with Gasteiger partial charge in [-0.3, -0.25) is 0 Å². The molecule has 1 saturated carbocycles. The SMILES string of the molecule is Cc1c(O)ccc(Cc2cc(C3CCCCC3)cc(Cc3ccc(O)c(C)c3O)c2O)c1O. The second-order valence-corrected chi connectivity index (χ2v) is 9.31. The molecule has 0 radical (unpaired) electrons. The van der Waals surface area contributed by atoms with E-state index < -0.39 is 0 Å². The minimum Gasteiger partial charge on any atom is -0.508 e. The Labute approximate surface area is 194 Å². The fourth-order valence-corrected chi connectivity index (χ4v) is 4.91. The summed E-state index contributed by atoms with van der Waals surface area (Å²) in [6, 6.07) is 10.6. The Morgan fingerprint density at radius 3 is 1.52 bits per heavy atom. The van der Waals surface area contributed by atoms with Crippen molar-refractivity contribution in [1.82, 2.24) is 0 Å². The molecule has 0 aromatic heterocycles. The summed E-state index contributed by atoms with van der Waals surface area (Å²) in [4.78, 5) is 0. The Morgan fingerprint density at radius 1 is 0.606 bits per heavy atom. The zero-order valence-electron chi connectivity index (χ0n) is 19.2. The van der Waals surface area contributed by atoms with E-state index in [1.54, 1.807) is 38.1 Å². The van der Waals surface area contributed by atoms with Crippen LogP contribution in [0.4, 0.5) is 0 Å². The monoisotopic (exact) mass is 448 g/mol. The van der Waals surface area contributed by atoms with Crippen molar-refractivity contribution < 1.29 is 25.5 Å². The summed E-state index contributed by atoms with van der Waals surface area (Å²) >= 11 is 0. The molecule has 5 nitrogen and oxygen atoms in total. The molecule has 0 heterocycles. The highest BCUT2D eigenvalue weighted by atomic mass is 16.3. The van der Waals surface area contributed by atoms with Crippen molar-refractivity contribution in [1.29, 1.82) is 0 Å². The van der Waals surface area contributed by atoms with Crippen LogP contribution in [0.5, 0.6) is 28.7 Å². The van der Waals surface area contributed by atoms with Crippen LogP contribution >= 0.6 is 0 Å². The molecule has 174 valence electrons. The van der Waals surface area contributed by atoms with Crippen molar-refractivity contribution in [2.45, 2.75) is 64.7 Å². The lowest BCUT2D eigenvalue weighted by Crippen LogP contribution is -2.07. The van der Waals surface area contributed by atoms with Gasteiger partial charge in [-0.25, -0.2) is 0 Å². The Hall–Kier alpha value is -3.34. The van der Waals surface area contributed by atoms with E-state index in [-0.39, 0.29) is 28.7 Å². The molecule has 3 aromatic rings. The predicted molar refractivity (Wildman–Crippen MR) is 129 cm³/mol. The lowest BCUT2D eigenvalue weighted by atomic mass is 9.81. The molecule has 0 atom stereocenters. The third-order valence-electron chi connectivity index (χ3n) is 7.10. The molecule has 0 unspecified atom stereocenters. The summed E-state index contributed by atoms with van der Waals surface area (Å²) in [5, 5.41) is 52.1. The molecule has 0 saturated heterocycles. The maximum atomic E-state index is 11.2. The third kappa shape index (κ3) is 4.58. The molecule has 0 spiro atoms. The van der Waals surface area contributed by atoms with E-state index in [0.29, 0.717) is 52.1 Å². The number of phenols is 5. The maximum Gasteiger partial charge on any atom is 0.125 e. The fourth-order valence-electron chi connectivity index (χ4n) is 4.91. The van der Waals surface area contributed by atoms with E-state index in [2.05, 4.69) is 0 Å². The Morgan fingerprint density at radius 2 is 1.06 bits per heavy atom. The molecule has 4 rings (SSSR count). The van der Waals surface area contributed by atoms with E-state index in [4.69, 9.17) is 0 Å². The molecule has 0 bridgehead atoms. The number of phenolic OH excluding ortho intramolecular Hbond substituents is 5. The summed E-state index contributed by atoms with van der Waals surface area (Å²) in [5.74, 6) is 0.703. The highest BCUT2D eigenvalue weighted by Crippen LogP contribution is 2.40. The van der Waals surface area contributed by atoms with Crippen LogP contribution in [-0.2, 0) is 12.8 Å². The lowest BCUT2D eigenvalue weighted by molar-refractivity contribution is 0.435. The largest absolute Gasteiger partial charge is 0.508 e. The van der Waals surface area contributed by atoms with Crippen LogP contribution in [0.3, 0.4) is 0 Å². The summed E-state index contributed by atoms with van der Waals surface area (Å²) < 4.78 is 0. The molecule has 33 heavy (non-hydrogen) atoms. The maximum absolute atomic E-state index is 11.2. The summed E-state index contributed by atoms with van der Waals surface area (Å²) in [6.45, 7) is 3.32. The van der Waals surface area contributed by atoms with Crippen molar-refractivity contribution in [3.8, 4) is 28.7 Å². The predicted octanol–water partition coefficient (Wildman–Crippen LogP) is 6.06. The van der Waals surface area contributed by atoms with Gasteiger partial charge in [0.05, 0.1) is 0 Å². The molecule has 1 aliphatic carbocycles. The first-order valence-corrected chi connectivity index (χ1v) is 11.6. The van der Waals surface area contributed by atoms with Crippen LogP contribution in [0.2, 0.25) is 0 Å². The molecule has 0 amide bonds. The van der Waals surface area contributed by atoms with Gasteiger partial charge >= 0.3 is 0 Å². The Balaban J connectivity index is 1.77. The lowest BCUT2D eigenvalue weighted by Gasteiger charge is -2.24. The quantitative estimate of drug-likeness (QED) is 0.327. The Kier molecular flexibility index (Phi) is 6.41. The summed E-state index contributed by atoms with van der Waals surface area (Å²) in [5.41, 5.74) is 4.70. The topological polar surface area (TPSA) is 101 Å². The van der Waals surface area contributed by atoms with Crippen molar-refractivity contribution in [2.24, 2.45) is 0 Å². The zero-order valence-corrected chi connectivity index (χ0v) is 19.2. The number of hydrogen-bond donors (Lipinski definition) is 5. The van der Waals surface area contributed by atoms with Gasteiger partial charge in [0.25, 0.3) is 0 Å². The van der Waals surface area contributed by atoms with Crippen molar-refractivity contribution in [3.05, 3.63) is 75.3 Å². The van der Waals surface area contributed by atoms with Crippen molar-refractivity contribution in [2.75, 3.05) is 0 Å². The van der Waals surface area contributed by atoms with Crippen molar-refractivity contribution >= 4 is 0 Å². The molecule has 1 aliphatic rings. The number of rotatable bonds is 5. The molecule has 0 aliphatic heterocycles. The van der Waals surface area contributed by atoms with Gasteiger partial charge in [-0.2, -0.15) is 0 Å². The van der Waals surface area contributed by atoms with Gasteiger partial charge in [0, 0.05) is 24.0 Å². The first-order chi connectivity index (χ1) is 15.8. The van der Waals surface area contributed by atoms with E-state index in [0.717, 1.165) is 12.8 Å². The van der Waals surface area contributed by atoms with Crippen LogP contribution < -0.4 is 0 Å². The van der Waals surface area contributed by atoms with Gasteiger partial charge < -0.3 is 25.5 Å². The average Bonchev–Trinajstić information content (AvgIpc) is 2.82. The molecular weight excluding hydrogens is 416 g/mol. The van der Waals surface area contributed by atoms with E-state index >= 15 is 0 Å². The third-order valence-corrected chi connectivity index (χ3v) is 7.10. The minimum atomic E-state index is 0.0332. The second-order valence-electron chi connectivity index (χ2n) is 9.31. The van der Waals surface area contributed by atoms with E-state index in [9.17, 15) is 25.5 Å². The van der Waals surface area contributed by atoms with Crippen LogP contribution in [0.15, 0.2) is 36.4 Å². The highest BCUT2D eigenvalue weighted by Gasteiger charge is 2.21. The van der Waals surface area contributed by atoms with E-state index in [1.165, 1.54) is 24.8 Å². The summed E-state index contributed by atoms with van der Waals surface area (Å²) in [6.07, 6.45) is 6.49. The second kappa shape index (κ2) is 9.26.